The molecular weight excluding hydrogens is 310 g/mol. The van der Waals surface area contributed by atoms with E-state index < -0.39 is 0 Å². The summed E-state index contributed by atoms with van der Waals surface area (Å²) in [5.74, 6) is 0.790. The van der Waals surface area contributed by atoms with E-state index in [1.54, 1.807) is 0 Å². The number of benzene rings is 2. The third-order valence-electron chi connectivity index (χ3n) is 4.51. The van der Waals surface area contributed by atoms with Gasteiger partial charge in [-0.05, 0) is 55.2 Å². The minimum atomic E-state index is -0.347. The predicted molar refractivity (Wildman–Crippen MR) is 93.0 cm³/mol. The smallest absolute Gasteiger partial charge is 0.124 e. The van der Waals surface area contributed by atoms with Crippen molar-refractivity contribution in [1.29, 1.82) is 0 Å². The van der Waals surface area contributed by atoms with Gasteiger partial charge in [-0.15, -0.1) is 0 Å². The van der Waals surface area contributed by atoms with Crippen LogP contribution in [0.15, 0.2) is 48.7 Å². The molecule has 0 bridgehead atoms. The fraction of sp³-hybridized carbons (Fsp3) is 0.263. The Morgan fingerprint density at radius 3 is 2.65 bits per heavy atom. The molecule has 0 unspecified atom stereocenters. The fourth-order valence-corrected chi connectivity index (χ4v) is 3.50. The Hall–Kier alpha value is -1.97. The van der Waals surface area contributed by atoms with Crippen molar-refractivity contribution in [3.05, 3.63) is 53.7 Å². The number of hydrogen-bond donors (Lipinski definition) is 2. The normalized spacial score (nSPS) is 21.0. The highest BCUT2D eigenvalue weighted by molar-refractivity contribution is 6.34. The first-order chi connectivity index (χ1) is 11.2. The maximum atomic E-state index is 9.85. The van der Waals surface area contributed by atoms with Gasteiger partial charge in [0.1, 0.15) is 11.9 Å². The number of halogens is 1. The lowest BCUT2D eigenvalue weighted by atomic mass is 10.0. The van der Waals surface area contributed by atoms with Gasteiger partial charge in [-0.1, -0.05) is 23.7 Å². The summed E-state index contributed by atoms with van der Waals surface area (Å²) in [5.41, 5.74) is 3.09. The summed E-state index contributed by atoms with van der Waals surface area (Å²) in [4.78, 5) is 3.16. The molecule has 0 spiro atoms. The second-order valence-corrected chi connectivity index (χ2v) is 6.48. The lowest BCUT2D eigenvalue weighted by Crippen LogP contribution is -2.25. The van der Waals surface area contributed by atoms with Gasteiger partial charge in [0.25, 0.3) is 0 Å². The maximum Gasteiger partial charge on any atom is 0.124 e. The van der Waals surface area contributed by atoms with E-state index in [1.165, 1.54) is 0 Å². The zero-order valence-corrected chi connectivity index (χ0v) is 13.4. The minimum Gasteiger partial charge on any atom is -0.488 e. The van der Waals surface area contributed by atoms with Crippen LogP contribution in [0.1, 0.15) is 19.3 Å². The van der Waals surface area contributed by atoms with Crippen LogP contribution in [0.2, 0.25) is 5.02 Å². The van der Waals surface area contributed by atoms with Gasteiger partial charge in [-0.3, -0.25) is 0 Å². The molecule has 3 nitrogen and oxygen atoms in total. The van der Waals surface area contributed by atoms with Crippen LogP contribution in [0, 0.1) is 0 Å². The van der Waals surface area contributed by atoms with Crippen LogP contribution in [0.3, 0.4) is 0 Å². The fourth-order valence-electron chi connectivity index (χ4n) is 3.23. The molecule has 1 aromatic heterocycles. The minimum absolute atomic E-state index is 0.0827. The van der Waals surface area contributed by atoms with Crippen LogP contribution in [-0.2, 0) is 0 Å². The molecule has 1 saturated carbocycles. The van der Waals surface area contributed by atoms with Crippen molar-refractivity contribution in [2.24, 2.45) is 0 Å². The van der Waals surface area contributed by atoms with Crippen molar-refractivity contribution in [2.45, 2.75) is 31.5 Å². The second-order valence-electron chi connectivity index (χ2n) is 6.08. The first-order valence-corrected chi connectivity index (χ1v) is 8.30. The topological polar surface area (TPSA) is 45.2 Å². The van der Waals surface area contributed by atoms with Gasteiger partial charge in [-0.25, -0.2) is 0 Å². The molecule has 0 amide bonds. The SMILES string of the molecule is O[C@@H]1CCC[C@H]1Oc1ccc(-c2cc3cc[nH]c3cc2Cl)cc1. The summed E-state index contributed by atoms with van der Waals surface area (Å²) in [6, 6.07) is 14.0. The monoisotopic (exact) mass is 327 g/mol. The van der Waals surface area contributed by atoms with E-state index in [1.807, 2.05) is 42.6 Å². The molecule has 1 heterocycles. The van der Waals surface area contributed by atoms with Gasteiger partial charge in [0.15, 0.2) is 0 Å². The highest BCUT2D eigenvalue weighted by Crippen LogP contribution is 2.33. The highest BCUT2D eigenvalue weighted by atomic mass is 35.5. The van der Waals surface area contributed by atoms with E-state index in [-0.39, 0.29) is 12.2 Å². The van der Waals surface area contributed by atoms with E-state index in [0.29, 0.717) is 0 Å². The molecular formula is C19H18ClNO2. The number of hydrogen-bond acceptors (Lipinski definition) is 2. The Balaban J connectivity index is 1.60. The summed E-state index contributed by atoms with van der Waals surface area (Å²) in [5, 5.41) is 11.7. The van der Waals surface area contributed by atoms with Crippen molar-refractivity contribution in [3.8, 4) is 16.9 Å². The summed E-state index contributed by atoms with van der Waals surface area (Å²) >= 11 is 6.41. The standard InChI is InChI=1S/C19H18ClNO2/c20-16-11-17-13(8-9-21-17)10-15(16)12-4-6-14(7-5-12)23-19-3-1-2-18(19)22/h4-11,18-19,21-22H,1-3H2/t18-,19-/m1/s1. The van der Waals surface area contributed by atoms with Gasteiger partial charge in [-0.2, -0.15) is 0 Å². The average Bonchev–Trinajstić information content (AvgIpc) is 3.16. The first kappa shape index (κ1) is 14.6. The largest absolute Gasteiger partial charge is 0.488 e. The molecule has 0 radical (unpaired) electrons. The van der Waals surface area contributed by atoms with E-state index >= 15 is 0 Å². The zero-order valence-electron chi connectivity index (χ0n) is 12.6. The van der Waals surface area contributed by atoms with E-state index in [0.717, 1.165) is 52.1 Å². The molecule has 1 aliphatic rings. The number of ether oxygens (including phenoxy) is 1. The van der Waals surface area contributed by atoms with Gasteiger partial charge < -0.3 is 14.8 Å². The van der Waals surface area contributed by atoms with Crippen molar-refractivity contribution < 1.29 is 9.84 Å². The molecule has 0 aliphatic heterocycles. The molecule has 4 heteroatoms. The molecule has 2 N–H and O–H groups in total. The number of aliphatic hydroxyl groups excluding tert-OH is 1. The Labute approximate surface area is 139 Å². The van der Waals surface area contributed by atoms with Crippen molar-refractivity contribution in [2.75, 3.05) is 0 Å². The lowest BCUT2D eigenvalue weighted by molar-refractivity contribution is 0.0604. The number of aromatic nitrogens is 1. The Kier molecular flexibility index (Phi) is 3.76. The van der Waals surface area contributed by atoms with Crippen LogP contribution < -0.4 is 4.74 Å². The highest BCUT2D eigenvalue weighted by Gasteiger charge is 2.26. The number of rotatable bonds is 3. The van der Waals surface area contributed by atoms with Crippen LogP contribution in [0.5, 0.6) is 5.75 Å². The Bertz CT molecular complexity index is 825. The Morgan fingerprint density at radius 2 is 1.91 bits per heavy atom. The van der Waals surface area contributed by atoms with Gasteiger partial charge in [0.2, 0.25) is 0 Å². The molecule has 2 atom stereocenters. The number of nitrogens with one attached hydrogen (secondary N) is 1. The molecule has 118 valence electrons. The number of fused-ring (bicyclic) bond motifs is 1. The third-order valence-corrected chi connectivity index (χ3v) is 4.82. The van der Waals surface area contributed by atoms with Gasteiger partial charge >= 0.3 is 0 Å². The molecule has 2 aromatic carbocycles. The molecule has 1 fully saturated rings. The van der Waals surface area contributed by atoms with Crippen molar-refractivity contribution in [3.63, 3.8) is 0 Å². The molecule has 0 saturated heterocycles. The average molecular weight is 328 g/mol. The quantitative estimate of drug-likeness (QED) is 0.727. The van der Waals surface area contributed by atoms with Crippen LogP contribution in [-0.4, -0.2) is 22.3 Å². The van der Waals surface area contributed by atoms with Crippen molar-refractivity contribution >= 4 is 22.5 Å². The predicted octanol–water partition coefficient (Wildman–Crippen LogP) is 4.78. The number of H-pyrrole nitrogens is 1. The van der Waals surface area contributed by atoms with Gasteiger partial charge in [0, 0.05) is 22.7 Å². The number of aromatic amines is 1. The second kappa shape index (κ2) is 5.91. The van der Waals surface area contributed by atoms with E-state index in [9.17, 15) is 5.11 Å². The summed E-state index contributed by atoms with van der Waals surface area (Å²) in [6.45, 7) is 0. The molecule has 3 aromatic rings. The van der Waals surface area contributed by atoms with Gasteiger partial charge in [0.05, 0.1) is 11.1 Å². The van der Waals surface area contributed by atoms with Crippen LogP contribution in [0.25, 0.3) is 22.0 Å². The lowest BCUT2D eigenvalue weighted by Gasteiger charge is -2.17. The maximum absolute atomic E-state index is 9.85. The molecule has 1 aliphatic carbocycles. The van der Waals surface area contributed by atoms with Crippen LogP contribution in [0.4, 0.5) is 0 Å². The molecule has 4 rings (SSSR count). The van der Waals surface area contributed by atoms with Crippen molar-refractivity contribution in [1.82, 2.24) is 4.98 Å². The summed E-state index contributed by atoms with van der Waals surface area (Å²) in [7, 11) is 0. The van der Waals surface area contributed by atoms with E-state index in [4.69, 9.17) is 16.3 Å². The first-order valence-electron chi connectivity index (χ1n) is 7.92. The molecule has 23 heavy (non-hydrogen) atoms. The summed E-state index contributed by atoms with van der Waals surface area (Å²) < 4.78 is 5.88. The Morgan fingerprint density at radius 1 is 1.09 bits per heavy atom. The van der Waals surface area contributed by atoms with Crippen LogP contribution >= 0.6 is 11.6 Å². The number of aliphatic hydroxyl groups is 1. The van der Waals surface area contributed by atoms with E-state index in [2.05, 4.69) is 11.1 Å². The zero-order chi connectivity index (χ0) is 15.8. The summed E-state index contributed by atoms with van der Waals surface area (Å²) in [6.07, 6.45) is 4.25. The third kappa shape index (κ3) is 2.82.